The Kier molecular flexibility index (Phi) is 2.42. The van der Waals surface area contributed by atoms with E-state index < -0.39 is 0 Å². The van der Waals surface area contributed by atoms with Crippen molar-refractivity contribution in [2.75, 3.05) is 13.1 Å². The third-order valence-electron chi connectivity index (χ3n) is 4.39. The third kappa shape index (κ3) is 1.42. The van der Waals surface area contributed by atoms with Crippen molar-refractivity contribution in [3.8, 4) is 0 Å². The van der Waals surface area contributed by atoms with Gasteiger partial charge in [0.25, 0.3) is 0 Å². The maximum absolute atomic E-state index is 3.53. The third-order valence-corrected chi connectivity index (χ3v) is 4.39. The number of halogens is 1. The number of piperidine rings is 1. The molecular weight excluding hydrogens is 230 g/mol. The molecule has 88 valence electrons. The lowest BCUT2D eigenvalue weighted by atomic mass is 9.90. The fourth-order valence-corrected chi connectivity index (χ4v) is 3.42. The van der Waals surface area contributed by atoms with Crippen LogP contribution in [0.2, 0.25) is 0 Å². The maximum Gasteiger partial charge on any atom is 0.0128 e. The average Bonchev–Trinajstić information content (AvgIpc) is 2.91. The molecule has 2 atom stereocenters. The Bertz CT molecular complexity index is 560. The lowest BCUT2D eigenvalue weighted by Crippen LogP contribution is -2.19. The molecular formula is C15H16ClN. The van der Waals surface area contributed by atoms with Crippen molar-refractivity contribution < 1.29 is 0 Å². The van der Waals surface area contributed by atoms with E-state index in [0.29, 0.717) is 5.41 Å². The van der Waals surface area contributed by atoms with Gasteiger partial charge < -0.3 is 5.32 Å². The van der Waals surface area contributed by atoms with Crippen LogP contribution in [0.15, 0.2) is 42.5 Å². The first-order valence-electron chi connectivity index (χ1n) is 6.09. The Morgan fingerprint density at radius 1 is 1.06 bits per heavy atom. The summed E-state index contributed by atoms with van der Waals surface area (Å²) in [5.74, 6) is 0.887. The van der Waals surface area contributed by atoms with E-state index in [4.69, 9.17) is 0 Å². The first kappa shape index (κ1) is 11.1. The van der Waals surface area contributed by atoms with Gasteiger partial charge in [-0.25, -0.2) is 0 Å². The van der Waals surface area contributed by atoms with Gasteiger partial charge in [-0.05, 0) is 35.2 Å². The van der Waals surface area contributed by atoms with Gasteiger partial charge in [0.2, 0.25) is 0 Å². The number of hydrogen-bond donors (Lipinski definition) is 1. The summed E-state index contributed by atoms with van der Waals surface area (Å²) in [5.41, 5.74) is 2.04. The van der Waals surface area contributed by atoms with Gasteiger partial charge in [-0.2, -0.15) is 0 Å². The summed E-state index contributed by atoms with van der Waals surface area (Å²) in [4.78, 5) is 0. The number of benzene rings is 2. The van der Waals surface area contributed by atoms with Gasteiger partial charge in [-0.3, -0.25) is 0 Å². The maximum atomic E-state index is 3.53. The Hall–Kier alpha value is -1.05. The molecule has 1 heterocycles. The molecule has 0 unspecified atom stereocenters. The second-order valence-electron chi connectivity index (χ2n) is 5.21. The summed E-state index contributed by atoms with van der Waals surface area (Å²) in [6, 6.07) is 15.5. The zero-order chi connectivity index (χ0) is 10.6. The van der Waals surface area contributed by atoms with Crippen molar-refractivity contribution in [3.05, 3.63) is 48.0 Å². The molecule has 4 rings (SSSR count). The number of fused-ring (bicyclic) bond motifs is 2. The van der Waals surface area contributed by atoms with Crippen LogP contribution in [0.3, 0.4) is 0 Å². The standard InChI is InChI=1S/C15H15N.ClH/c1-2-6-13-11(4-1)5-3-7-14(13)15-8-12(15)9-16-10-15;/h1-7,12,16H,8-10H2;1H/t12-,15-;/m1./s1. The molecule has 0 spiro atoms. The summed E-state index contributed by atoms with van der Waals surface area (Å²) in [6.07, 6.45) is 1.38. The van der Waals surface area contributed by atoms with E-state index in [-0.39, 0.29) is 12.4 Å². The van der Waals surface area contributed by atoms with Crippen molar-refractivity contribution in [2.45, 2.75) is 11.8 Å². The second kappa shape index (κ2) is 3.72. The molecule has 0 aromatic heterocycles. The summed E-state index contributed by atoms with van der Waals surface area (Å²) < 4.78 is 0. The minimum Gasteiger partial charge on any atom is -0.316 e. The van der Waals surface area contributed by atoms with E-state index >= 15 is 0 Å². The summed E-state index contributed by atoms with van der Waals surface area (Å²) in [6.45, 7) is 2.38. The molecule has 1 nitrogen and oxygen atoms in total. The van der Waals surface area contributed by atoms with Crippen molar-refractivity contribution in [1.82, 2.24) is 5.32 Å². The zero-order valence-corrected chi connectivity index (χ0v) is 10.5. The van der Waals surface area contributed by atoms with Crippen molar-refractivity contribution in [2.24, 2.45) is 5.92 Å². The minimum atomic E-state index is 0. The molecule has 2 aliphatic rings. The highest BCUT2D eigenvalue weighted by molar-refractivity contribution is 5.87. The smallest absolute Gasteiger partial charge is 0.0128 e. The van der Waals surface area contributed by atoms with Crippen LogP contribution >= 0.6 is 12.4 Å². The van der Waals surface area contributed by atoms with E-state index in [1.54, 1.807) is 5.56 Å². The molecule has 0 amide bonds. The molecule has 0 bridgehead atoms. The van der Waals surface area contributed by atoms with Crippen molar-refractivity contribution in [3.63, 3.8) is 0 Å². The van der Waals surface area contributed by atoms with E-state index in [9.17, 15) is 0 Å². The molecule has 2 aromatic rings. The zero-order valence-electron chi connectivity index (χ0n) is 9.65. The molecule has 2 aromatic carbocycles. The van der Waals surface area contributed by atoms with Crippen molar-refractivity contribution >= 4 is 23.2 Å². The topological polar surface area (TPSA) is 12.0 Å². The molecule has 1 aliphatic carbocycles. The van der Waals surface area contributed by atoms with Crippen LogP contribution < -0.4 is 5.32 Å². The highest BCUT2D eigenvalue weighted by Crippen LogP contribution is 2.57. The molecule has 1 saturated carbocycles. The van der Waals surface area contributed by atoms with Crippen LogP contribution in [0.1, 0.15) is 12.0 Å². The minimum absolute atomic E-state index is 0. The molecule has 2 heteroatoms. The first-order valence-corrected chi connectivity index (χ1v) is 6.09. The molecule has 0 radical (unpaired) electrons. The second-order valence-corrected chi connectivity index (χ2v) is 5.21. The normalized spacial score (nSPS) is 29.8. The lowest BCUT2D eigenvalue weighted by Gasteiger charge is -2.15. The predicted octanol–water partition coefficient (Wildman–Crippen LogP) is 3.12. The van der Waals surface area contributed by atoms with Gasteiger partial charge in [0, 0.05) is 12.0 Å². The number of rotatable bonds is 1. The SMILES string of the molecule is Cl.c1ccc2c([C@]34CNC[C@H]3C4)cccc2c1. The number of nitrogens with one attached hydrogen (secondary N) is 1. The van der Waals surface area contributed by atoms with Gasteiger partial charge in [0.05, 0.1) is 0 Å². The van der Waals surface area contributed by atoms with E-state index in [1.807, 2.05) is 0 Å². The van der Waals surface area contributed by atoms with Gasteiger partial charge in [-0.15, -0.1) is 12.4 Å². The molecule has 1 aliphatic heterocycles. The molecule has 17 heavy (non-hydrogen) atoms. The van der Waals surface area contributed by atoms with E-state index in [0.717, 1.165) is 5.92 Å². The van der Waals surface area contributed by atoms with Crippen LogP contribution in [-0.4, -0.2) is 13.1 Å². The monoisotopic (exact) mass is 245 g/mol. The first-order chi connectivity index (χ1) is 7.90. The van der Waals surface area contributed by atoms with E-state index in [1.165, 1.54) is 30.3 Å². The van der Waals surface area contributed by atoms with Gasteiger partial charge in [0.15, 0.2) is 0 Å². The summed E-state index contributed by atoms with van der Waals surface area (Å²) in [5, 5.41) is 6.36. The highest BCUT2D eigenvalue weighted by atomic mass is 35.5. The van der Waals surface area contributed by atoms with Crippen LogP contribution in [0.25, 0.3) is 10.8 Å². The van der Waals surface area contributed by atoms with Crippen LogP contribution in [0, 0.1) is 5.92 Å². The van der Waals surface area contributed by atoms with Gasteiger partial charge in [-0.1, -0.05) is 42.5 Å². The Balaban J connectivity index is 0.000000902. The quantitative estimate of drug-likeness (QED) is 0.814. The van der Waals surface area contributed by atoms with Crippen LogP contribution in [0.4, 0.5) is 0 Å². The largest absolute Gasteiger partial charge is 0.316 e. The Labute approximate surface area is 108 Å². The Morgan fingerprint density at radius 3 is 2.65 bits per heavy atom. The van der Waals surface area contributed by atoms with Gasteiger partial charge in [0.1, 0.15) is 0 Å². The molecule has 2 fully saturated rings. The van der Waals surface area contributed by atoms with Gasteiger partial charge >= 0.3 is 0 Å². The summed E-state index contributed by atoms with van der Waals surface area (Å²) >= 11 is 0. The van der Waals surface area contributed by atoms with E-state index in [2.05, 4.69) is 47.8 Å². The number of hydrogen-bond acceptors (Lipinski definition) is 1. The average molecular weight is 246 g/mol. The predicted molar refractivity (Wildman–Crippen MR) is 73.9 cm³/mol. The fraction of sp³-hybridized carbons (Fsp3) is 0.333. The Morgan fingerprint density at radius 2 is 1.88 bits per heavy atom. The molecule has 1 N–H and O–H groups in total. The lowest BCUT2D eigenvalue weighted by molar-refractivity contribution is 0.680. The fourth-order valence-electron chi connectivity index (χ4n) is 3.42. The van der Waals surface area contributed by atoms with Crippen LogP contribution in [0.5, 0.6) is 0 Å². The summed E-state index contributed by atoms with van der Waals surface area (Å²) in [7, 11) is 0. The highest BCUT2D eigenvalue weighted by Gasteiger charge is 2.58. The molecule has 1 saturated heterocycles. The van der Waals surface area contributed by atoms with Crippen molar-refractivity contribution in [1.29, 1.82) is 0 Å². The van der Waals surface area contributed by atoms with Crippen LogP contribution in [-0.2, 0) is 5.41 Å².